The first kappa shape index (κ1) is 22.0. The van der Waals surface area contributed by atoms with Crippen LogP contribution < -0.4 is 4.74 Å². The smallest absolute Gasteiger partial charge is 0.339 e. The maximum absolute atomic E-state index is 10.6. The van der Waals surface area contributed by atoms with E-state index < -0.39 is 11.9 Å². The van der Waals surface area contributed by atoms with E-state index in [1.165, 1.54) is 25.1 Å². The Morgan fingerprint density at radius 1 is 0.767 bits per heavy atom. The van der Waals surface area contributed by atoms with E-state index in [0.29, 0.717) is 5.56 Å². The van der Waals surface area contributed by atoms with Crippen LogP contribution in [0.5, 0.6) is 23.0 Å². The number of carboxylic acid groups (broad SMARTS) is 1. The fourth-order valence-corrected chi connectivity index (χ4v) is 2.38. The number of phenolic OH excluding ortho intramolecular Hbond substituents is 3. The largest absolute Gasteiger partial charge is 0.508 e. The van der Waals surface area contributed by atoms with Crippen molar-refractivity contribution in [1.29, 1.82) is 0 Å². The zero-order valence-electron chi connectivity index (χ0n) is 16.0. The molecule has 0 aliphatic heterocycles. The Balaban J connectivity index is 0.000000222. The summed E-state index contributed by atoms with van der Waals surface area (Å²) in [5.41, 5.74) is 1.61. The molecule has 7 heteroatoms. The molecule has 0 aromatic heterocycles. The zero-order chi connectivity index (χ0) is 22.1. The average Bonchev–Trinajstić information content (AvgIpc) is 2.67. The van der Waals surface area contributed by atoms with Gasteiger partial charge in [0.05, 0.1) is 0 Å². The molecule has 0 heterocycles. The molecular formula is C23H20O7. The number of hydrogen-bond acceptors (Lipinski definition) is 6. The van der Waals surface area contributed by atoms with Gasteiger partial charge >= 0.3 is 11.9 Å². The van der Waals surface area contributed by atoms with Crippen LogP contribution in [0.1, 0.15) is 28.4 Å². The van der Waals surface area contributed by atoms with Crippen LogP contribution in [0.4, 0.5) is 0 Å². The first-order valence-corrected chi connectivity index (χ1v) is 8.75. The summed E-state index contributed by atoms with van der Waals surface area (Å²) in [6, 6.07) is 17.1. The van der Waals surface area contributed by atoms with Crippen LogP contribution in [-0.4, -0.2) is 32.4 Å². The Morgan fingerprint density at radius 2 is 1.33 bits per heavy atom. The van der Waals surface area contributed by atoms with Gasteiger partial charge in [-0.1, -0.05) is 36.4 Å². The number of ether oxygens (including phenoxy) is 1. The zero-order valence-corrected chi connectivity index (χ0v) is 16.0. The molecule has 154 valence electrons. The molecule has 0 saturated heterocycles. The molecule has 0 unspecified atom stereocenters. The maximum Gasteiger partial charge on any atom is 0.339 e. The quantitative estimate of drug-likeness (QED) is 0.288. The molecule has 3 aromatic rings. The highest BCUT2D eigenvalue weighted by molar-refractivity contribution is 5.91. The van der Waals surface area contributed by atoms with Crippen LogP contribution in [0, 0.1) is 0 Å². The second-order valence-corrected chi connectivity index (χ2v) is 6.10. The Labute approximate surface area is 172 Å². The summed E-state index contributed by atoms with van der Waals surface area (Å²) in [7, 11) is 0. The number of aromatic carboxylic acids is 1. The van der Waals surface area contributed by atoms with E-state index in [1.807, 2.05) is 6.08 Å². The summed E-state index contributed by atoms with van der Waals surface area (Å²) in [5, 5.41) is 36.4. The van der Waals surface area contributed by atoms with Crippen molar-refractivity contribution in [2.75, 3.05) is 0 Å². The van der Waals surface area contributed by atoms with Gasteiger partial charge in [-0.15, -0.1) is 0 Å². The second-order valence-electron chi connectivity index (χ2n) is 6.10. The predicted octanol–water partition coefficient (Wildman–Crippen LogP) is 4.28. The summed E-state index contributed by atoms with van der Waals surface area (Å²) in [4.78, 5) is 21.2. The summed E-state index contributed by atoms with van der Waals surface area (Å²) in [6.07, 6.45) is 3.60. The number of phenols is 3. The number of carbonyl (C=O) groups is 2. The van der Waals surface area contributed by atoms with Crippen LogP contribution >= 0.6 is 0 Å². The molecule has 7 nitrogen and oxygen atoms in total. The highest BCUT2D eigenvalue weighted by atomic mass is 16.5. The minimum Gasteiger partial charge on any atom is -0.508 e. The van der Waals surface area contributed by atoms with Gasteiger partial charge in [-0.3, -0.25) is 4.79 Å². The third-order valence-electron chi connectivity index (χ3n) is 3.66. The number of esters is 1. The summed E-state index contributed by atoms with van der Waals surface area (Å²) in [5.74, 6) is -1.31. The Bertz CT molecular complexity index is 1030. The number of para-hydroxylation sites is 1. The van der Waals surface area contributed by atoms with Crippen LogP contribution in [0.3, 0.4) is 0 Å². The molecule has 0 amide bonds. The lowest BCUT2D eigenvalue weighted by molar-refractivity contribution is -0.131. The average molecular weight is 408 g/mol. The second kappa shape index (κ2) is 10.3. The van der Waals surface area contributed by atoms with Crippen LogP contribution in [0.2, 0.25) is 0 Å². The van der Waals surface area contributed by atoms with Gasteiger partial charge in [-0.05, 0) is 47.5 Å². The molecule has 0 saturated carbocycles. The van der Waals surface area contributed by atoms with Gasteiger partial charge < -0.3 is 25.2 Å². The van der Waals surface area contributed by atoms with Crippen molar-refractivity contribution in [3.8, 4) is 23.0 Å². The third kappa shape index (κ3) is 7.05. The molecule has 3 aromatic carbocycles. The molecule has 0 aliphatic carbocycles. The fraction of sp³-hybridized carbons (Fsp3) is 0.0435. The number of benzene rings is 3. The number of aromatic hydroxyl groups is 3. The van der Waals surface area contributed by atoms with E-state index in [1.54, 1.807) is 54.6 Å². The SMILES string of the molecule is CC(=O)Oc1ccccc1C(=O)O.Oc1ccc(C=Cc2cc(O)cc(O)c2)cc1. The Kier molecular flexibility index (Phi) is 7.59. The Morgan fingerprint density at radius 3 is 1.90 bits per heavy atom. The van der Waals surface area contributed by atoms with Gasteiger partial charge in [0.1, 0.15) is 28.6 Å². The third-order valence-corrected chi connectivity index (χ3v) is 3.66. The van der Waals surface area contributed by atoms with Crippen molar-refractivity contribution in [1.82, 2.24) is 0 Å². The van der Waals surface area contributed by atoms with Gasteiger partial charge in [-0.25, -0.2) is 4.79 Å². The van der Waals surface area contributed by atoms with Gasteiger partial charge in [-0.2, -0.15) is 0 Å². The topological polar surface area (TPSA) is 124 Å². The number of carboxylic acids is 1. The van der Waals surface area contributed by atoms with Crippen molar-refractivity contribution in [3.05, 3.63) is 83.4 Å². The van der Waals surface area contributed by atoms with Crippen molar-refractivity contribution < 1.29 is 34.8 Å². The van der Waals surface area contributed by atoms with E-state index in [-0.39, 0.29) is 28.6 Å². The lowest BCUT2D eigenvalue weighted by Crippen LogP contribution is -2.06. The van der Waals surface area contributed by atoms with Gasteiger partial charge in [0.25, 0.3) is 0 Å². The highest BCUT2D eigenvalue weighted by Crippen LogP contribution is 2.22. The molecule has 4 N–H and O–H groups in total. The van der Waals surface area contributed by atoms with Crippen molar-refractivity contribution in [2.45, 2.75) is 6.92 Å². The van der Waals surface area contributed by atoms with E-state index in [0.717, 1.165) is 5.56 Å². The van der Waals surface area contributed by atoms with Gasteiger partial charge in [0.2, 0.25) is 0 Å². The normalized spacial score (nSPS) is 10.2. The molecule has 30 heavy (non-hydrogen) atoms. The molecule has 0 atom stereocenters. The van der Waals surface area contributed by atoms with E-state index in [9.17, 15) is 19.8 Å². The monoisotopic (exact) mass is 408 g/mol. The lowest BCUT2D eigenvalue weighted by atomic mass is 10.1. The summed E-state index contributed by atoms with van der Waals surface area (Å²) < 4.78 is 4.69. The summed E-state index contributed by atoms with van der Waals surface area (Å²) >= 11 is 0. The number of rotatable bonds is 4. The summed E-state index contributed by atoms with van der Waals surface area (Å²) in [6.45, 7) is 1.22. The van der Waals surface area contributed by atoms with Crippen LogP contribution in [0.15, 0.2) is 66.7 Å². The van der Waals surface area contributed by atoms with E-state index in [2.05, 4.69) is 4.74 Å². The van der Waals surface area contributed by atoms with Gasteiger partial charge in [0.15, 0.2) is 0 Å². The van der Waals surface area contributed by atoms with Crippen LogP contribution in [-0.2, 0) is 4.79 Å². The highest BCUT2D eigenvalue weighted by Gasteiger charge is 2.11. The first-order chi connectivity index (χ1) is 14.2. The minimum absolute atomic E-state index is 0.0160. The molecule has 0 radical (unpaired) electrons. The lowest BCUT2D eigenvalue weighted by Gasteiger charge is -2.03. The molecule has 0 fully saturated rings. The predicted molar refractivity (Wildman–Crippen MR) is 112 cm³/mol. The molecular weight excluding hydrogens is 388 g/mol. The van der Waals surface area contributed by atoms with Crippen molar-refractivity contribution in [3.63, 3.8) is 0 Å². The van der Waals surface area contributed by atoms with Crippen molar-refractivity contribution >= 4 is 24.1 Å². The first-order valence-electron chi connectivity index (χ1n) is 8.75. The molecule has 0 aliphatic rings. The van der Waals surface area contributed by atoms with Crippen LogP contribution in [0.25, 0.3) is 12.2 Å². The minimum atomic E-state index is -1.11. The maximum atomic E-state index is 10.6. The van der Waals surface area contributed by atoms with Crippen molar-refractivity contribution in [2.24, 2.45) is 0 Å². The van der Waals surface area contributed by atoms with E-state index in [4.69, 9.17) is 10.2 Å². The Hall–Kier alpha value is -4.26. The van der Waals surface area contributed by atoms with E-state index >= 15 is 0 Å². The molecule has 0 bridgehead atoms. The number of hydrogen-bond donors (Lipinski definition) is 4. The molecule has 0 spiro atoms. The number of carbonyl (C=O) groups excluding carboxylic acids is 1. The standard InChI is InChI=1S/C14H12O3.C9H8O4/c15-12-5-3-10(4-6-12)1-2-11-7-13(16)9-14(17)8-11;1-6(10)13-8-5-3-2-4-7(8)9(11)12/h1-9,15-17H;2-5H,1H3,(H,11,12). The van der Waals surface area contributed by atoms with Gasteiger partial charge in [0, 0.05) is 13.0 Å². The molecule has 3 rings (SSSR count). The fourth-order valence-electron chi connectivity index (χ4n) is 2.38.